The summed E-state index contributed by atoms with van der Waals surface area (Å²) in [4.78, 5) is 18.2. The van der Waals surface area contributed by atoms with Crippen molar-refractivity contribution in [2.24, 2.45) is 11.7 Å². The molecule has 2 heterocycles. The van der Waals surface area contributed by atoms with Crippen LogP contribution in [0.4, 0.5) is 0 Å². The van der Waals surface area contributed by atoms with Gasteiger partial charge in [0.2, 0.25) is 5.91 Å². The van der Waals surface area contributed by atoms with Crippen molar-refractivity contribution in [3.63, 3.8) is 0 Å². The van der Waals surface area contributed by atoms with E-state index in [0.29, 0.717) is 11.5 Å². The molecule has 1 unspecified atom stereocenters. The molecule has 0 saturated carbocycles. The van der Waals surface area contributed by atoms with E-state index in [1.807, 2.05) is 24.4 Å². The summed E-state index contributed by atoms with van der Waals surface area (Å²) in [5.74, 6) is 0.271. The van der Waals surface area contributed by atoms with E-state index in [1.54, 1.807) is 6.07 Å². The van der Waals surface area contributed by atoms with Gasteiger partial charge in [-0.3, -0.25) is 14.7 Å². The quantitative estimate of drug-likeness (QED) is 0.923. The predicted molar refractivity (Wildman–Crippen MR) is 91.0 cm³/mol. The number of primary amides is 1. The molecule has 120 valence electrons. The van der Waals surface area contributed by atoms with Crippen LogP contribution in [0.15, 0.2) is 42.6 Å². The van der Waals surface area contributed by atoms with E-state index in [9.17, 15) is 4.79 Å². The van der Waals surface area contributed by atoms with Crippen LogP contribution in [-0.4, -0.2) is 28.9 Å². The van der Waals surface area contributed by atoms with Crippen molar-refractivity contribution < 1.29 is 4.79 Å². The molecule has 23 heavy (non-hydrogen) atoms. The molecule has 1 fully saturated rings. The fraction of sp³-hybridized carbons (Fsp3) is 0.368. The van der Waals surface area contributed by atoms with Gasteiger partial charge >= 0.3 is 0 Å². The summed E-state index contributed by atoms with van der Waals surface area (Å²) in [5, 5.41) is 0. The number of likely N-dealkylation sites (tertiary alicyclic amines) is 1. The third-order valence-corrected chi connectivity index (χ3v) is 4.60. The highest BCUT2D eigenvalue weighted by atomic mass is 16.1. The molecule has 4 heteroatoms. The lowest BCUT2D eigenvalue weighted by Gasteiger charge is -2.17. The molecular weight excluding hydrogens is 286 g/mol. The fourth-order valence-electron chi connectivity index (χ4n) is 3.30. The van der Waals surface area contributed by atoms with Gasteiger partial charge in [0.15, 0.2) is 0 Å². The first kappa shape index (κ1) is 15.7. The Morgan fingerprint density at radius 1 is 1.35 bits per heavy atom. The van der Waals surface area contributed by atoms with Gasteiger partial charge in [0.25, 0.3) is 0 Å². The first-order chi connectivity index (χ1) is 11.1. The molecule has 0 aliphatic carbocycles. The number of hydrogen-bond donors (Lipinski definition) is 1. The Kier molecular flexibility index (Phi) is 4.72. The summed E-state index contributed by atoms with van der Waals surface area (Å²) in [6, 6.07) is 11.8. The Bertz CT molecular complexity index is 699. The van der Waals surface area contributed by atoms with E-state index >= 15 is 0 Å². The zero-order valence-corrected chi connectivity index (χ0v) is 13.5. The second-order valence-corrected chi connectivity index (χ2v) is 6.43. The number of aryl methyl sites for hydroxylation is 1. The van der Waals surface area contributed by atoms with E-state index in [2.05, 4.69) is 28.9 Å². The van der Waals surface area contributed by atoms with Gasteiger partial charge in [-0.05, 0) is 61.6 Å². The van der Waals surface area contributed by atoms with E-state index in [1.165, 1.54) is 23.2 Å². The summed E-state index contributed by atoms with van der Waals surface area (Å²) in [7, 11) is 0. The number of nitrogens with zero attached hydrogens (tertiary/aromatic N) is 2. The van der Waals surface area contributed by atoms with E-state index < -0.39 is 0 Å². The van der Waals surface area contributed by atoms with E-state index in [0.717, 1.165) is 26.1 Å². The molecule has 0 bridgehead atoms. The molecular formula is C19H23N3O. The van der Waals surface area contributed by atoms with Gasteiger partial charge in [-0.2, -0.15) is 0 Å². The Balaban J connectivity index is 1.59. The lowest BCUT2D eigenvalue weighted by Crippen LogP contribution is -2.21. The minimum atomic E-state index is -0.356. The number of hydrogen-bond acceptors (Lipinski definition) is 3. The maximum absolute atomic E-state index is 11.3. The molecule has 0 spiro atoms. The van der Waals surface area contributed by atoms with Crippen LogP contribution < -0.4 is 5.73 Å². The minimum Gasteiger partial charge on any atom is -0.366 e. The zero-order valence-electron chi connectivity index (χ0n) is 13.5. The number of amides is 1. The van der Waals surface area contributed by atoms with Crippen LogP contribution in [0.2, 0.25) is 0 Å². The van der Waals surface area contributed by atoms with Crippen molar-refractivity contribution in [1.29, 1.82) is 0 Å². The average Bonchev–Trinajstić information content (AvgIpc) is 2.97. The van der Waals surface area contributed by atoms with Gasteiger partial charge in [-0.15, -0.1) is 0 Å². The smallest absolute Gasteiger partial charge is 0.248 e. The van der Waals surface area contributed by atoms with Crippen molar-refractivity contribution in [2.75, 3.05) is 13.1 Å². The molecule has 1 amide bonds. The number of rotatable bonds is 5. The molecule has 0 radical (unpaired) electrons. The second-order valence-electron chi connectivity index (χ2n) is 6.43. The van der Waals surface area contributed by atoms with Crippen LogP contribution in [-0.2, 0) is 13.0 Å². The van der Waals surface area contributed by atoms with E-state index in [-0.39, 0.29) is 5.91 Å². The summed E-state index contributed by atoms with van der Waals surface area (Å²) in [6.45, 7) is 5.22. The zero-order chi connectivity index (χ0) is 16.2. The highest BCUT2D eigenvalue weighted by Crippen LogP contribution is 2.23. The number of pyridine rings is 1. The third kappa shape index (κ3) is 3.96. The van der Waals surface area contributed by atoms with Crippen molar-refractivity contribution in [2.45, 2.75) is 26.3 Å². The molecule has 2 N–H and O–H groups in total. The Hall–Kier alpha value is -2.20. The van der Waals surface area contributed by atoms with Crippen LogP contribution in [0.1, 0.15) is 33.6 Å². The maximum atomic E-state index is 11.3. The van der Waals surface area contributed by atoms with Crippen LogP contribution in [0, 0.1) is 12.8 Å². The minimum absolute atomic E-state index is 0.356. The number of nitrogens with two attached hydrogens (primary N) is 1. The monoisotopic (exact) mass is 309 g/mol. The number of carbonyl (C=O) groups excluding carboxylic acids is 1. The van der Waals surface area contributed by atoms with Crippen LogP contribution in [0.25, 0.3) is 0 Å². The normalized spacial score (nSPS) is 18.2. The molecule has 1 saturated heterocycles. The van der Waals surface area contributed by atoms with Gasteiger partial charge in [-0.1, -0.05) is 18.2 Å². The first-order valence-electron chi connectivity index (χ1n) is 8.13. The Labute approximate surface area is 137 Å². The fourth-order valence-corrected chi connectivity index (χ4v) is 3.30. The summed E-state index contributed by atoms with van der Waals surface area (Å²) in [5.41, 5.74) is 9.58. The van der Waals surface area contributed by atoms with Crippen LogP contribution in [0.5, 0.6) is 0 Å². The molecule has 1 aromatic carbocycles. The average molecular weight is 309 g/mol. The summed E-state index contributed by atoms with van der Waals surface area (Å²) >= 11 is 0. The molecule has 3 rings (SSSR count). The number of carbonyl (C=O) groups is 1. The van der Waals surface area contributed by atoms with Gasteiger partial charge in [0, 0.05) is 24.8 Å². The highest BCUT2D eigenvalue weighted by molar-refractivity contribution is 5.92. The van der Waals surface area contributed by atoms with Gasteiger partial charge in [0.05, 0.1) is 5.69 Å². The van der Waals surface area contributed by atoms with Crippen molar-refractivity contribution in [1.82, 2.24) is 9.88 Å². The summed E-state index contributed by atoms with van der Waals surface area (Å²) in [6.07, 6.45) is 4.05. The second kappa shape index (κ2) is 6.92. The maximum Gasteiger partial charge on any atom is 0.248 e. The standard InChI is InChI=1S/C19H23N3O/c1-14-4-3-8-21-18(14)13-22-9-7-16(12-22)10-15-5-2-6-17(11-15)19(20)23/h2-6,8,11,16H,7,9-10,12-13H2,1H3,(H2,20,23). The predicted octanol–water partition coefficient (Wildman–Crippen LogP) is 2.55. The highest BCUT2D eigenvalue weighted by Gasteiger charge is 2.23. The molecule has 1 atom stereocenters. The summed E-state index contributed by atoms with van der Waals surface area (Å²) < 4.78 is 0. The van der Waals surface area contributed by atoms with Gasteiger partial charge in [0.1, 0.15) is 0 Å². The largest absolute Gasteiger partial charge is 0.366 e. The van der Waals surface area contributed by atoms with Crippen molar-refractivity contribution >= 4 is 5.91 Å². The molecule has 1 aliphatic heterocycles. The lowest BCUT2D eigenvalue weighted by atomic mass is 9.97. The third-order valence-electron chi connectivity index (χ3n) is 4.60. The molecule has 2 aromatic rings. The lowest BCUT2D eigenvalue weighted by molar-refractivity contribution is 0.1000. The van der Waals surface area contributed by atoms with Gasteiger partial charge in [-0.25, -0.2) is 0 Å². The Morgan fingerprint density at radius 2 is 2.22 bits per heavy atom. The van der Waals surface area contributed by atoms with E-state index in [4.69, 9.17) is 5.73 Å². The number of benzene rings is 1. The Morgan fingerprint density at radius 3 is 3.00 bits per heavy atom. The first-order valence-corrected chi connectivity index (χ1v) is 8.13. The SMILES string of the molecule is Cc1cccnc1CN1CCC(Cc2cccc(C(N)=O)c2)C1. The molecule has 1 aromatic heterocycles. The van der Waals surface area contributed by atoms with Crippen LogP contribution >= 0.6 is 0 Å². The topological polar surface area (TPSA) is 59.2 Å². The molecule has 1 aliphatic rings. The van der Waals surface area contributed by atoms with Crippen LogP contribution in [0.3, 0.4) is 0 Å². The van der Waals surface area contributed by atoms with Crippen molar-refractivity contribution in [3.8, 4) is 0 Å². The van der Waals surface area contributed by atoms with Crippen molar-refractivity contribution in [3.05, 3.63) is 65.0 Å². The van der Waals surface area contributed by atoms with Gasteiger partial charge < -0.3 is 5.73 Å². The number of aromatic nitrogens is 1. The molecule has 4 nitrogen and oxygen atoms in total.